The highest BCUT2D eigenvalue weighted by molar-refractivity contribution is 7.11. The number of hydrogen-bond donors (Lipinski definition) is 2. The average molecular weight is 279 g/mol. The van der Waals surface area contributed by atoms with E-state index in [1.165, 1.54) is 34.8 Å². The molecule has 19 heavy (non-hydrogen) atoms. The van der Waals surface area contributed by atoms with E-state index in [1.807, 2.05) is 11.3 Å². The highest BCUT2D eigenvalue weighted by Crippen LogP contribution is 2.28. The van der Waals surface area contributed by atoms with Gasteiger partial charge in [-0.05, 0) is 32.1 Å². The second-order valence-electron chi connectivity index (χ2n) is 5.61. The molecule has 1 amide bonds. The molecule has 0 unspecified atom stereocenters. The molecule has 0 aliphatic heterocycles. The molecule has 2 aliphatic rings. The molecule has 2 aliphatic carbocycles. The van der Waals surface area contributed by atoms with Crippen LogP contribution in [0.15, 0.2) is 0 Å². The van der Waals surface area contributed by atoms with E-state index in [0.717, 1.165) is 32.2 Å². The molecule has 1 aromatic rings. The number of aryl methyl sites for hydroxylation is 2. The fourth-order valence-corrected chi connectivity index (χ4v) is 4.36. The molecule has 2 atom stereocenters. The van der Waals surface area contributed by atoms with Crippen molar-refractivity contribution in [1.29, 1.82) is 0 Å². The van der Waals surface area contributed by atoms with Gasteiger partial charge in [0.2, 0.25) is 5.91 Å². The number of nitrogens with two attached hydrogens (primary N) is 1. The summed E-state index contributed by atoms with van der Waals surface area (Å²) in [6.07, 6.45) is 7.89. The number of carbonyl (C=O) groups is 1. The minimum absolute atomic E-state index is 0.000518. The molecular formula is C14H21N3OS. The Labute approximate surface area is 117 Å². The zero-order valence-electron chi connectivity index (χ0n) is 11.2. The van der Waals surface area contributed by atoms with Gasteiger partial charge in [-0.25, -0.2) is 4.98 Å². The monoisotopic (exact) mass is 279 g/mol. The van der Waals surface area contributed by atoms with E-state index >= 15 is 0 Å². The number of carbonyl (C=O) groups excluding carboxylic acids is 1. The minimum Gasteiger partial charge on any atom is -0.369 e. The third-order valence-corrected chi connectivity index (χ3v) is 5.44. The molecular weight excluding hydrogens is 258 g/mol. The van der Waals surface area contributed by atoms with Crippen molar-refractivity contribution in [3.63, 3.8) is 0 Å². The number of rotatable bonds is 4. The maximum absolute atomic E-state index is 11.5. The molecule has 0 bridgehead atoms. The summed E-state index contributed by atoms with van der Waals surface area (Å²) in [7, 11) is 0. The van der Waals surface area contributed by atoms with E-state index in [0.29, 0.717) is 0 Å². The molecule has 0 saturated heterocycles. The molecule has 3 rings (SSSR count). The van der Waals surface area contributed by atoms with Gasteiger partial charge >= 0.3 is 0 Å². The van der Waals surface area contributed by atoms with E-state index in [-0.39, 0.29) is 17.9 Å². The van der Waals surface area contributed by atoms with Gasteiger partial charge in [0.1, 0.15) is 5.01 Å². The maximum atomic E-state index is 11.5. The van der Waals surface area contributed by atoms with Crippen molar-refractivity contribution in [3.05, 3.63) is 15.6 Å². The van der Waals surface area contributed by atoms with Crippen LogP contribution >= 0.6 is 11.3 Å². The van der Waals surface area contributed by atoms with Crippen LogP contribution in [0.5, 0.6) is 0 Å². The number of hydrogen-bond acceptors (Lipinski definition) is 4. The fourth-order valence-electron chi connectivity index (χ4n) is 3.25. The van der Waals surface area contributed by atoms with Crippen LogP contribution in [-0.4, -0.2) is 16.9 Å². The first-order valence-electron chi connectivity index (χ1n) is 7.24. The summed E-state index contributed by atoms with van der Waals surface area (Å²) in [5.74, 6) is -0.153. The van der Waals surface area contributed by atoms with Gasteiger partial charge < -0.3 is 11.1 Å². The van der Waals surface area contributed by atoms with Crippen LogP contribution in [0.3, 0.4) is 0 Å². The van der Waals surface area contributed by atoms with Crippen molar-refractivity contribution in [2.45, 2.75) is 57.5 Å². The standard InChI is InChI=1S/C14H21N3OS/c15-14(18)9-4-1-2-5-10(9)16-8-13-17-11-6-3-7-12(11)19-13/h9-10,16H,1-8H2,(H2,15,18)/t9-,10+/m1/s1. The molecule has 104 valence electrons. The summed E-state index contributed by atoms with van der Waals surface area (Å²) in [5, 5.41) is 4.67. The van der Waals surface area contributed by atoms with Crippen LogP contribution in [0.4, 0.5) is 0 Å². The summed E-state index contributed by atoms with van der Waals surface area (Å²) in [6.45, 7) is 0.784. The smallest absolute Gasteiger partial charge is 0.222 e. The molecule has 1 fully saturated rings. The Balaban J connectivity index is 1.59. The number of aromatic nitrogens is 1. The van der Waals surface area contributed by atoms with Gasteiger partial charge in [0, 0.05) is 17.5 Å². The maximum Gasteiger partial charge on any atom is 0.222 e. The van der Waals surface area contributed by atoms with E-state index in [2.05, 4.69) is 10.3 Å². The highest BCUT2D eigenvalue weighted by atomic mass is 32.1. The number of fused-ring (bicyclic) bond motifs is 1. The Hall–Kier alpha value is -0.940. The summed E-state index contributed by atoms with van der Waals surface area (Å²) in [4.78, 5) is 17.6. The summed E-state index contributed by atoms with van der Waals surface area (Å²) in [6, 6.07) is 0.241. The number of nitrogens with zero attached hydrogens (tertiary/aromatic N) is 1. The van der Waals surface area contributed by atoms with Crippen molar-refractivity contribution in [3.8, 4) is 0 Å². The largest absolute Gasteiger partial charge is 0.369 e. The molecule has 0 radical (unpaired) electrons. The zero-order valence-corrected chi connectivity index (χ0v) is 12.0. The van der Waals surface area contributed by atoms with Crippen LogP contribution in [0, 0.1) is 5.92 Å². The number of nitrogens with one attached hydrogen (secondary N) is 1. The molecule has 0 spiro atoms. The predicted octanol–water partition coefficient (Wildman–Crippen LogP) is 1.77. The average Bonchev–Trinajstić information content (AvgIpc) is 2.97. The first-order chi connectivity index (χ1) is 9.24. The van der Waals surface area contributed by atoms with Gasteiger partial charge in [0.25, 0.3) is 0 Å². The van der Waals surface area contributed by atoms with Gasteiger partial charge in [-0.1, -0.05) is 12.8 Å². The Morgan fingerprint density at radius 2 is 2.16 bits per heavy atom. The van der Waals surface area contributed by atoms with Gasteiger partial charge in [0.15, 0.2) is 0 Å². The Morgan fingerprint density at radius 3 is 2.95 bits per heavy atom. The second-order valence-corrected chi connectivity index (χ2v) is 6.78. The van der Waals surface area contributed by atoms with E-state index < -0.39 is 0 Å². The predicted molar refractivity (Wildman–Crippen MR) is 75.9 cm³/mol. The highest BCUT2D eigenvalue weighted by Gasteiger charge is 2.29. The summed E-state index contributed by atoms with van der Waals surface area (Å²) < 4.78 is 0. The second kappa shape index (κ2) is 5.59. The normalized spacial score (nSPS) is 26.3. The lowest BCUT2D eigenvalue weighted by molar-refractivity contribution is -0.123. The van der Waals surface area contributed by atoms with E-state index in [4.69, 9.17) is 5.73 Å². The quantitative estimate of drug-likeness (QED) is 0.882. The van der Waals surface area contributed by atoms with Crippen molar-refractivity contribution in [2.24, 2.45) is 11.7 Å². The lowest BCUT2D eigenvalue weighted by Crippen LogP contribution is -2.44. The molecule has 3 N–H and O–H groups in total. The van der Waals surface area contributed by atoms with Gasteiger partial charge in [0.05, 0.1) is 11.6 Å². The lowest BCUT2D eigenvalue weighted by atomic mass is 9.84. The number of primary amides is 1. The van der Waals surface area contributed by atoms with Crippen molar-refractivity contribution in [2.75, 3.05) is 0 Å². The Bertz CT molecular complexity index is 450. The van der Waals surface area contributed by atoms with Crippen molar-refractivity contribution in [1.82, 2.24) is 10.3 Å². The molecule has 1 heterocycles. The number of amides is 1. The molecule has 1 saturated carbocycles. The van der Waals surface area contributed by atoms with Gasteiger partial charge in [-0.3, -0.25) is 4.79 Å². The van der Waals surface area contributed by atoms with Crippen LogP contribution in [-0.2, 0) is 24.2 Å². The van der Waals surface area contributed by atoms with E-state index in [9.17, 15) is 4.79 Å². The van der Waals surface area contributed by atoms with Crippen LogP contribution in [0.25, 0.3) is 0 Å². The SMILES string of the molecule is NC(=O)[C@@H]1CCCC[C@@H]1NCc1nc2c(s1)CCC2. The summed E-state index contributed by atoms with van der Waals surface area (Å²) >= 11 is 1.83. The van der Waals surface area contributed by atoms with Crippen molar-refractivity contribution >= 4 is 17.2 Å². The van der Waals surface area contributed by atoms with Gasteiger partial charge in [-0.2, -0.15) is 0 Å². The van der Waals surface area contributed by atoms with Crippen LogP contribution in [0.1, 0.15) is 47.7 Å². The Morgan fingerprint density at radius 1 is 1.32 bits per heavy atom. The molecule has 5 heteroatoms. The topological polar surface area (TPSA) is 68.0 Å². The first kappa shape index (κ1) is 13.1. The fraction of sp³-hybridized carbons (Fsp3) is 0.714. The molecule has 4 nitrogen and oxygen atoms in total. The lowest BCUT2D eigenvalue weighted by Gasteiger charge is -2.29. The third-order valence-electron chi connectivity index (χ3n) is 4.29. The first-order valence-corrected chi connectivity index (χ1v) is 8.06. The Kier molecular flexibility index (Phi) is 3.84. The van der Waals surface area contributed by atoms with Gasteiger partial charge in [-0.15, -0.1) is 11.3 Å². The van der Waals surface area contributed by atoms with Crippen LogP contribution in [0.2, 0.25) is 0 Å². The number of thiazole rings is 1. The van der Waals surface area contributed by atoms with E-state index in [1.54, 1.807) is 0 Å². The van der Waals surface area contributed by atoms with Crippen molar-refractivity contribution < 1.29 is 4.79 Å². The molecule has 0 aromatic carbocycles. The third kappa shape index (κ3) is 2.82. The van der Waals surface area contributed by atoms with Crippen LogP contribution < -0.4 is 11.1 Å². The molecule has 1 aromatic heterocycles. The minimum atomic E-state index is -0.154. The summed E-state index contributed by atoms with van der Waals surface area (Å²) in [5.41, 5.74) is 6.80. The zero-order chi connectivity index (χ0) is 13.2.